The minimum Gasteiger partial charge on any atom is -0.491 e. The van der Waals surface area contributed by atoms with Crippen molar-refractivity contribution in [3.05, 3.63) is 30.3 Å². The molecule has 124 valence electrons. The molecule has 1 aromatic carbocycles. The summed E-state index contributed by atoms with van der Waals surface area (Å²) < 4.78 is 5.76. The fourth-order valence-electron chi connectivity index (χ4n) is 2.08. The Bertz CT molecular complexity index is 458. The van der Waals surface area contributed by atoms with Crippen LogP contribution in [0.5, 0.6) is 5.75 Å². The van der Waals surface area contributed by atoms with Crippen LogP contribution in [0.1, 0.15) is 39.2 Å². The number of unbranched alkanes of at least 4 members (excludes halogenated alkanes) is 1. The number of nitrogens with two attached hydrogens (primary N) is 1. The van der Waals surface area contributed by atoms with Crippen LogP contribution < -0.4 is 10.5 Å². The first kappa shape index (κ1) is 18.9. The van der Waals surface area contributed by atoms with Gasteiger partial charge in [0.15, 0.2) is 0 Å². The maximum Gasteiger partial charge on any atom is 0.142 e. The van der Waals surface area contributed by atoms with Crippen molar-refractivity contribution in [2.45, 2.75) is 33.6 Å². The zero-order valence-electron chi connectivity index (χ0n) is 14.2. The zero-order valence-corrected chi connectivity index (χ0v) is 15.0. The van der Waals surface area contributed by atoms with Gasteiger partial charge in [0.1, 0.15) is 5.75 Å². The van der Waals surface area contributed by atoms with Crippen molar-refractivity contribution in [3.63, 3.8) is 0 Å². The molecule has 0 heterocycles. The quantitative estimate of drug-likeness (QED) is 0.481. The molecule has 0 saturated heterocycles. The van der Waals surface area contributed by atoms with Crippen molar-refractivity contribution in [1.82, 2.24) is 4.90 Å². The molecule has 4 heteroatoms. The number of ether oxygens (including phenoxy) is 1. The molecular weight excluding hydrogens is 292 g/mol. The van der Waals surface area contributed by atoms with Gasteiger partial charge >= 0.3 is 0 Å². The molecule has 2 N–H and O–H groups in total. The van der Waals surface area contributed by atoms with Gasteiger partial charge in [0.2, 0.25) is 0 Å². The Balaban J connectivity index is 2.56. The molecule has 0 fully saturated rings. The molecule has 0 saturated carbocycles. The highest BCUT2D eigenvalue weighted by molar-refractivity contribution is 8.08. The summed E-state index contributed by atoms with van der Waals surface area (Å²) in [5.74, 6) is 1.83. The van der Waals surface area contributed by atoms with Crippen LogP contribution in [0.15, 0.2) is 24.8 Å². The van der Waals surface area contributed by atoms with Crippen LogP contribution in [0.4, 0.5) is 5.69 Å². The average Bonchev–Trinajstić information content (AvgIpc) is 2.53. The molecule has 0 aromatic heterocycles. The van der Waals surface area contributed by atoms with Gasteiger partial charge in [-0.1, -0.05) is 39.8 Å². The second kappa shape index (κ2) is 10.6. The van der Waals surface area contributed by atoms with Crippen LogP contribution in [0.2, 0.25) is 0 Å². The standard InChI is InChI=1S/C18H30N2OS/c1-5-8-12-21-18-14-16(9-10-17(18)19)15(4)22-13-11-20(6-2)7-3/h9-10,14H,4-8,11-13,19H2,1-3H3. The molecule has 22 heavy (non-hydrogen) atoms. The van der Waals surface area contributed by atoms with Crippen molar-refractivity contribution in [3.8, 4) is 5.75 Å². The van der Waals surface area contributed by atoms with E-state index >= 15 is 0 Å². The molecule has 3 nitrogen and oxygen atoms in total. The summed E-state index contributed by atoms with van der Waals surface area (Å²) in [6.07, 6.45) is 2.16. The van der Waals surface area contributed by atoms with Crippen LogP contribution in [0.25, 0.3) is 4.91 Å². The summed E-state index contributed by atoms with van der Waals surface area (Å²) >= 11 is 1.80. The van der Waals surface area contributed by atoms with Crippen molar-refractivity contribution < 1.29 is 4.74 Å². The van der Waals surface area contributed by atoms with E-state index in [2.05, 4.69) is 32.3 Å². The molecule has 1 rings (SSSR count). The highest BCUT2D eigenvalue weighted by Gasteiger charge is 2.07. The monoisotopic (exact) mass is 322 g/mol. The normalized spacial score (nSPS) is 10.9. The lowest BCUT2D eigenvalue weighted by atomic mass is 10.2. The number of thioether (sulfide) groups is 1. The van der Waals surface area contributed by atoms with Gasteiger partial charge < -0.3 is 15.4 Å². The second-order valence-electron chi connectivity index (χ2n) is 5.25. The van der Waals surface area contributed by atoms with E-state index < -0.39 is 0 Å². The summed E-state index contributed by atoms with van der Waals surface area (Å²) in [5.41, 5.74) is 7.78. The zero-order chi connectivity index (χ0) is 16.4. The molecule has 0 radical (unpaired) electrons. The Labute approximate surface area is 139 Å². The first-order valence-corrected chi connectivity index (χ1v) is 9.17. The largest absolute Gasteiger partial charge is 0.491 e. The molecule has 0 spiro atoms. The lowest BCUT2D eigenvalue weighted by Gasteiger charge is -2.18. The van der Waals surface area contributed by atoms with Crippen molar-refractivity contribution >= 4 is 22.4 Å². The minimum atomic E-state index is 0.695. The van der Waals surface area contributed by atoms with Gasteiger partial charge in [-0.2, -0.15) is 0 Å². The van der Waals surface area contributed by atoms with Gasteiger partial charge in [-0.25, -0.2) is 0 Å². The van der Waals surface area contributed by atoms with Crippen molar-refractivity contribution in [1.29, 1.82) is 0 Å². The summed E-state index contributed by atoms with van der Waals surface area (Å²) in [5, 5.41) is 0. The number of hydrogen-bond donors (Lipinski definition) is 1. The van der Waals surface area contributed by atoms with Crippen LogP contribution in [-0.2, 0) is 0 Å². The summed E-state index contributed by atoms with van der Waals surface area (Å²) in [4.78, 5) is 3.50. The van der Waals surface area contributed by atoms with E-state index in [-0.39, 0.29) is 0 Å². The Hall–Kier alpha value is -1.13. The maximum atomic E-state index is 5.98. The fraction of sp³-hybridized carbons (Fsp3) is 0.556. The molecule has 0 aliphatic rings. The van der Waals surface area contributed by atoms with Crippen molar-refractivity contribution in [2.24, 2.45) is 0 Å². The molecular formula is C18H30N2OS. The third kappa shape index (κ3) is 6.32. The Kier molecular flexibility index (Phi) is 9.09. The maximum absolute atomic E-state index is 5.98. The third-order valence-electron chi connectivity index (χ3n) is 3.67. The van der Waals surface area contributed by atoms with Gasteiger partial charge in [0, 0.05) is 17.2 Å². The van der Waals surface area contributed by atoms with E-state index in [1.807, 2.05) is 18.2 Å². The van der Waals surface area contributed by atoms with Gasteiger partial charge in [-0.15, -0.1) is 11.8 Å². The highest BCUT2D eigenvalue weighted by atomic mass is 32.2. The van der Waals surface area contributed by atoms with E-state index in [0.717, 1.165) is 54.4 Å². The summed E-state index contributed by atoms with van der Waals surface area (Å²) in [6.45, 7) is 14.7. The number of anilines is 1. The van der Waals surface area contributed by atoms with Gasteiger partial charge in [0.25, 0.3) is 0 Å². The first-order valence-electron chi connectivity index (χ1n) is 8.19. The average molecular weight is 323 g/mol. The fourth-order valence-corrected chi connectivity index (χ4v) is 2.97. The van der Waals surface area contributed by atoms with Crippen molar-refractivity contribution in [2.75, 3.05) is 37.7 Å². The number of hydrogen-bond acceptors (Lipinski definition) is 4. The van der Waals surface area contributed by atoms with Gasteiger partial charge in [0.05, 0.1) is 12.3 Å². The number of nitrogen functional groups attached to an aromatic ring is 1. The molecule has 0 unspecified atom stereocenters. The molecule has 0 atom stereocenters. The topological polar surface area (TPSA) is 38.5 Å². The van der Waals surface area contributed by atoms with E-state index in [0.29, 0.717) is 12.3 Å². The first-order chi connectivity index (χ1) is 10.6. The Morgan fingerprint density at radius 1 is 1.27 bits per heavy atom. The van der Waals surface area contributed by atoms with E-state index in [1.54, 1.807) is 11.8 Å². The Morgan fingerprint density at radius 3 is 2.64 bits per heavy atom. The summed E-state index contributed by atoms with van der Waals surface area (Å²) in [6, 6.07) is 5.94. The lowest BCUT2D eigenvalue weighted by Crippen LogP contribution is -2.25. The number of nitrogens with zero attached hydrogens (tertiary/aromatic N) is 1. The number of rotatable bonds is 11. The smallest absolute Gasteiger partial charge is 0.142 e. The van der Waals surface area contributed by atoms with Gasteiger partial charge in [-0.05, 0) is 37.2 Å². The second-order valence-corrected chi connectivity index (χ2v) is 6.44. The Morgan fingerprint density at radius 2 is 2.00 bits per heavy atom. The van der Waals surface area contributed by atoms with Crippen LogP contribution in [0, 0.1) is 0 Å². The third-order valence-corrected chi connectivity index (χ3v) is 4.64. The number of benzene rings is 1. The lowest BCUT2D eigenvalue weighted by molar-refractivity contribution is 0.311. The van der Waals surface area contributed by atoms with Crippen LogP contribution in [-0.4, -0.2) is 36.9 Å². The molecule has 0 aliphatic heterocycles. The van der Waals surface area contributed by atoms with Crippen LogP contribution in [0.3, 0.4) is 0 Å². The van der Waals surface area contributed by atoms with E-state index in [4.69, 9.17) is 10.5 Å². The highest BCUT2D eigenvalue weighted by Crippen LogP contribution is 2.31. The molecule has 0 aliphatic carbocycles. The summed E-state index contributed by atoms with van der Waals surface area (Å²) in [7, 11) is 0. The SMILES string of the molecule is C=C(SCCN(CC)CC)c1ccc(N)c(OCCCC)c1. The van der Waals surface area contributed by atoms with Crippen LogP contribution >= 0.6 is 11.8 Å². The van der Waals surface area contributed by atoms with E-state index in [9.17, 15) is 0 Å². The predicted molar refractivity (Wildman–Crippen MR) is 101 cm³/mol. The van der Waals surface area contributed by atoms with E-state index in [1.165, 1.54) is 0 Å². The molecule has 1 aromatic rings. The molecule has 0 amide bonds. The predicted octanol–water partition coefficient (Wildman–Crippen LogP) is 4.49. The molecule has 0 bridgehead atoms. The van der Waals surface area contributed by atoms with Gasteiger partial charge in [-0.3, -0.25) is 0 Å². The minimum absolute atomic E-state index is 0.695.